The van der Waals surface area contributed by atoms with Crippen molar-refractivity contribution in [2.75, 3.05) is 0 Å². The van der Waals surface area contributed by atoms with Crippen LogP contribution in [0.1, 0.15) is 54.4 Å². The molecule has 1 heterocycles. The lowest BCUT2D eigenvalue weighted by atomic mass is 9.91. The number of hydrogen-bond acceptors (Lipinski definition) is 4. The van der Waals surface area contributed by atoms with Gasteiger partial charge in [-0.05, 0) is 37.6 Å². The molecule has 1 aliphatic heterocycles. The molecule has 25 heavy (non-hydrogen) atoms. The zero-order valence-electron chi connectivity index (χ0n) is 16.9. The van der Waals surface area contributed by atoms with Gasteiger partial charge < -0.3 is 9.16 Å². The summed E-state index contributed by atoms with van der Waals surface area (Å²) < 4.78 is 11.7. The molecular formula is C19H33NO4Si. The molecule has 1 aliphatic rings. The number of ether oxygens (including phenoxy) is 1. The quantitative estimate of drug-likeness (QED) is 0.293. The number of unbranched alkanes of at least 4 members (excludes halogenated alkanes) is 1. The summed E-state index contributed by atoms with van der Waals surface area (Å²) in [7, 11) is -2.01. The molecule has 1 fully saturated rings. The molecular weight excluding hydrogens is 334 g/mol. The van der Waals surface area contributed by atoms with E-state index in [4.69, 9.17) is 9.16 Å². The van der Waals surface area contributed by atoms with Crippen molar-refractivity contribution in [3.63, 3.8) is 0 Å². The third-order valence-electron chi connectivity index (χ3n) is 4.96. The van der Waals surface area contributed by atoms with Crippen LogP contribution in [0.3, 0.4) is 0 Å². The van der Waals surface area contributed by atoms with Gasteiger partial charge in [0.15, 0.2) is 14.5 Å². The SMILES string of the molecule is CCCC=C=CN1C(=O)[C@H]([C@@H](C)O[Si](C)(C)C(C)(C)C)[C@H]1OC(C)=O. The molecule has 0 radical (unpaired) electrons. The van der Waals surface area contributed by atoms with Crippen LogP contribution in [0.2, 0.25) is 18.1 Å². The van der Waals surface area contributed by atoms with Crippen molar-refractivity contribution < 1.29 is 18.8 Å². The first kappa shape index (κ1) is 21.7. The van der Waals surface area contributed by atoms with E-state index in [0.29, 0.717) is 0 Å². The predicted octanol–water partition coefficient (Wildman–Crippen LogP) is 4.21. The minimum Gasteiger partial charge on any atom is -0.440 e. The molecule has 6 heteroatoms. The Balaban J connectivity index is 2.92. The Morgan fingerprint density at radius 3 is 2.48 bits per heavy atom. The standard InChI is InChI=1S/C19H33NO4Si/c1-9-10-11-12-13-20-17(22)16(18(20)23-15(3)21)14(2)24-25(7,8)19(4,5)6/h11,13-14,16,18H,9-10H2,1-8H3/t12?,14-,16+,18-/m1/s1. The van der Waals surface area contributed by atoms with Crippen LogP contribution in [0, 0.1) is 5.92 Å². The fourth-order valence-corrected chi connectivity index (χ4v) is 3.89. The van der Waals surface area contributed by atoms with Crippen molar-refractivity contribution in [3.05, 3.63) is 18.0 Å². The van der Waals surface area contributed by atoms with E-state index in [0.717, 1.165) is 12.8 Å². The van der Waals surface area contributed by atoms with Gasteiger partial charge in [0.25, 0.3) is 0 Å². The monoisotopic (exact) mass is 367 g/mol. The fourth-order valence-electron chi connectivity index (χ4n) is 2.46. The number of carbonyl (C=O) groups is 2. The fraction of sp³-hybridized carbons (Fsp3) is 0.737. The number of likely N-dealkylation sites (tertiary alicyclic amines) is 1. The molecule has 142 valence electrons. The van der Waals surface area contributed by atoms with Crippen LogP contribution in [-0.2, 0) is 18.8 Å². The smallest absolute Gasteiger partial charge is 0.304 e. The lowest BCUT2D eigenvalue weighted by Crippen LogP contribution is -2.64. The van der Waals surface area contributed by atoms with Gasteiger partial charge in [0.05, 0.1) is 12.3 Å². The van der Waals surface area contributed by atoms with Crippen LogP contribution < -0.4 is 0 Å². The summed E-state index contributed by atoms with van der Waals surface area (Å²) in [6.07, 6.45) is 4.43. The van der Waals surface area contributed by atoms with E-state index in [1.807, 2.05) is 13.0 Å². The Bertz CT molecular complexity index is 558. The minimum absolute atomic E-state index is 0.0491. The number of amides is 1. The minimum atomic E-state index is -2.01. The summed E-state index contributed by atoms with van der Waals surface area (Å²) in [6.45, 7) is 16.1. The molecule has 1 rings (SSSR count). The maximum absolute atomic E-state index is 12.6. The van der Waals surface area contributed by atoms with Gasteiger partial charge >= 0.3 is 5.97 Å². The van der Waals surface area contributed by atoms with Gasteiger partial charge in [-0.3, -0.25) is 14.5 Å². The maximum Gasteiger partial charge on any atom is 0.304 e. The molecule has 0 aromatic rings. The molecule has 0 bridgehead atoms. The molecule has 5 nitrogen and oxygen atoms in total. The highest BCUT2D eigenvalue weighted by molar-refractivity contribution is 6.74. The number of esters is 1. The molecule has 0 aromatic heterocycles. The van der Waals surface area contributed by atoms with E-state index in [9.17, 15) is 9.59 Å². The number of β-lactam (4-membered cyclic amide) rings is 1. The highest BCUT2D eigenvalue weighted by Crippen LogP contribution is 2.40. The summed E-state index contributed by atoms with van der Waals surface area (Å²) >= 11 is 0. The normalized spacial score (nSPS) is 21.9. The van der Waals surface area contributed by atoms with Crippen molar-refractivity contribution in [1.29, 1.82) is 0 Å². The molecule has 0 N–H and O–H groups in total. The van der Waals surface area contributed by atoms with Crippen molar-refractivity contribution in [2.24, 2.45) is 5.92 Å². The number of rotatable bonds is 7. The third kappa shape index (κ3) is 5.30. The number of carbonyl (C=O) groups excluding carboxylic acids is 2. The maximum atomic E-state index is 12.6. The first-order valence-electron chi connectivity index (χ1n) is 9.00. The van der Waals surface area contributed by atoms with Crippen molar-refractivity contribution in [1.82, 2.24) is 4.90 Å². The van der Waals surface area contributed by atoms with E-state index in [2.05, 4.69) is 46.5 Å². The highest BCUT2D eigenvalue weighted by atomic mass is 28.4. The molecule has 0 spiro atoms. The van der Waals surface area contributed by atoms with Crippen LogP contribution in [0.4, 0.5) is 0 Å². The van der Waals surface area contributed by atoms with E-state index >= 15 is 0 Å². The van der Waals surface area contributed by atoms with Crippen molar-refractivity contribution in [2.45, 2.75) is 84.8 Å². The van der Waals surface area contributed by atoms with Gasteiger partial charge in [-0.2, -0.15) is 0 Å². The van der Waals surface area contributed by atoms with Crippen LogP contribution >= 0.6 is 0 Å². The summed E-state index contributed by atoms with van der Waals surface area (Å²) in [6, 6.07) is 0. The lowest BCUT2D eigenvalue weighted by Gasteiger charge is -2.48. The van der Waals surface area contributed by atoms with Crippen LogP contribution in [0.5, 0.6) is 0 Å². The van der Waals surface area contributed by atoms with Gasteiger partial charge in [0.2, 0.25) is 5.91 Å². The average Bonchev–Trinajstić information content (AvgIpc) is 2.44. The summed E-state index contributed by atoms with van der Waals surface area (Å²) in [5.74, 6) is -0.963. The topological polar surface area (TPSA) is 55.8 Å². The molecule has 0 unspecified atom stereocenters. The van der Waals surface area contributed by atoms with Gasteiger partial charge in [-0.15, -0.1) is 5.73 Å². The van der Waals surface area contributed by atoms with E-state index in [1.165, 1.54) is 11.8 Å². The molecule has 1 amide bonds. The third-order valence-corrected chi connectivity index (χ3v) is 9.54. The molecule has 0 aliphatic carbocycles. The van der Waals surface area contributed by atoms with Gasteiger partial charge in [-0.1, -0.05) is 34.1 Å². The Morgan fingerprint density at radius 2 is 2.00 bits per heavy atom. The van der Waals surface area contributed by atoms with Crippen LogP contribution in [0.15, 0.2) is 18.0 Å². The Morgan fingerprint density at radius 1 is 1.40 bits per heavy atom. The zero-order valence-corrected chi connectivity index (χ0v) is 17.9. The largest absolute Gasteiger partial charge is 0.440 e. The second kappa shape index (κ2) is 8.34. The lowest BCUT2D eigenvalue weighted by molar-refractivity contribution is -0.197. The first-order valence-corrected chi connectivity index (χ1v) is 11.9. The van der Waals surface area contributed by atoms with E-state index < -0.39 is 26.4 Å². The van der Waals surface area contributed by atoms with E-state index in [-0.39, 0.29) is 17.0 Å². The summed E-state index contributed by atoms with van der Waals surface area (Å²) in [4.78, 5) is 25.5. The van der Waals surface area contributed by atoms with Gasteiger partial charge in [0, 0.05) is 6.92 Å². The molecule has 0 aromatic carbocycles. The molecule has 1 saturated heterocycles. The zero-order chi connectivity index (χ0) is 19.4. The molecule has 0 saturated carbocycles. The second-order valence-corrected chi connectivity index (χ2v) is 12.9. The van der Waals surface area contributed by atoms with Crippen molar-refractivity contribution >= 4 is 20.2 Å². The van der Waals surface area contributed by atoms with Crippen LogP contribution in [-0.4, -0.2) is 37.4 Å². The summed E-state index contributed by atoms with van der Waals surface area (Å²) in [5.41, 5.74) is 2.99. The first-order chi connectivity index (χ1) is 11.4. The second-order valence-electron chi connectivity index (χ2n) is 8.14. The Hall–Kier alpha value is -1.36. The van der Waals surface area contributed by atoms with Crippen LogP contribution in [0.25, 0.3) is 0 Å². The highest BCUT2D eigenvalue weighted by Gasteiger charge is 2.53. The number of nitrogens with zero attached hydrogens (tertiary/aromatic N) is 1. The van der Waals surface area contributed by atoms with Crippen molar-refractivity contribution in [3.8, 4) is 0 Å². The van der Waals surface area contributed by atoms with E-state index in [1.54, 1.807) is 6.20 Å². The van der Waals surface area contributed by atoms with Gasteiger partial charge in [0.1, 0.15) is 5.92 Å². The number of hydrogen-bond donors (Lipinski definition) is 0. The Labute approximate surface area is 153 Å². The summed E-state index contributed by atoms with van der Waals surface area (Å²) in [5, 5.41) is 0.0491. The molecule has 3 atom stereocenters. The van der Waals surface area contributed by atoms with Gasteiger partial charge in [-0.25, -0.2) is 0 Å². The average molecular weight is 368 g/mol. The Kier molecular flexibility index (Phi) is 7.24. The predicted molar refractivity (Wildman–Crippen MR) is 101 cm³/mol. The number of allylic oxidation sites excluding steroid dienone is 1.